The molecule has 3 aromatic rings. The van der Waals surface area contributed by atoms with Gasteiger partial charge in [-0.3, -0.25) is 9.69 Å². The standard InChI is InChI=1S/C22H21F2N3O/c1-26(13-15-5-3-2-4-6-15)17-9-10-27(14-17)22(28)20-8-7-18-19(24)11-16(23)12-21(18)25-20/h2-8,11-12,17H,9-10,13-14H2,1H3. The fourth-order valence-corrected chi connectivity index (χ4v) is 3.73. The smallest absolute Gasteiger partial charge is 0.272 e. The number of hydrogen-bond acceptors (Lipinski definition) is 3. The SMILES string of the molecule is CN(Cc1ccccc1)C1CCN(C(=O)c2ccc3c(F)cc(F)cc3n2)C1. The molecule has 1 aliphatic heterocycles. The molecule has 0 saturated carbocycles. The molecule has 1 aliphatic rings. The van der Waals surface area contributed by atoms with Gasteiger partial charge in [0.05, 0.1) is 5.52 Å². The van der Waals surface area contributed by atoms with Gasteiger partial charge in [0.2, 0.25) is 0 Å². The van der Waals surface area contributed by atoms with Gasteiger partial charge in [-0.15, -0.1) is 0 Å². The summed E-state index contributed by atoms with van der Waals surface area (Å²) in [5.74, 6) is -1.58. The normalized spacial score (nSPS) is 16.9. The Morgan fingerprint density at radius 3 is 2.75 bits per heavy atom. The fraction of sp³-hybridized carbons (Fsp3) is 0.273. The average Bonchev–Trinajstić information content (AvgIpc) is 3.18. The molecule has 6 heteroatoms. The van der Waals surface area contributed by atoms with Gasteiger partial charge in [0, 0.05) is 43.2 Å². The highest BCUT2D eigenvalue weighted by Crippen LogP contribution is 2.22. The van der Waals surface area contributed by atoms with Crippen LogP contribution in [0.1, 0.15) is 22.5 Å². The highest BCUT2D eigenvalue weighted by molar-refractivity contribution is 5.95. The Hall–Kier alpha value is -2.86. The molecule has 4 nitrogen and oxygen atoms in total. The summed E-state index contributed by atoms with van der Waals surface area (Å²) in [7, 11) is 2.06. The maximum absolute atomic E-state index is 13.8. The zero-order valence-corrected chi connectivity index (χ0v) is 15.6. The van der Waals surface area contributed by atoms with E-state index in [0.717, 1.165) is 25.1 Å². The van der Waals surface area contributed by atoms with Gasteiger partial charge in [0.25, 0.3) is 5.91 Å². The monoisotopic (exact) mass is 381 g/mol. The summed E-state index contributed by atoms with van der Waals surface area (Å²) in [6.45, 7) is 2.07. The zero-order chi connectivity index (χ0) is 19.7. The van der Waals surface area contributed by atoms with E-state index in [-0.39, 0.29) is 28.5 Å². The minimum absolute atomic E-state index is 0.153. The van der Waals surface area contributed by atoms with Crippen LogP contribution in [0.2, 0.25) is 0 Å². The molecule has 0 spiro atoms. The quantitative estimate of drug-likeness (QED) is 0.689. The van der Waals surface area contributed by atoms with E-state index in [2.05, 4.69) is 29.1 Å². The molecule has 2 heterocycles. The Morgan fingerprint density at radius 2 is 1.96 bits per heavy atom. The first-order chi connectivity index (χ1) is 13.5. The number of rotatable bonds is 4. The number of nitrogens with zero attached hydrogens (tertiary/aromatic N) is 3. The maximum atomic E-state index is 13.8. The van der Waals surface area contributed by atoms with Gasteiger partial charge in [-0.1, -0.05) is 30.3 Å². The third-order valence-corrected chi connectivity index (χ3v) is 5.29. The minimum Gasteiger partial charge on any atom is -0.336 e. The van der Waals surface area contributed by atoms with E-state index in [1.165, 1.54) is 17.7 Å². The number of fused-ring (bicyclic) bond motifs is 1. The highest BCUT2D eigenvalue weighted by atomic mass is 19.1. The summed E-state index contributed by atoms with van der Waals surface area (Å²) in [5.41, 5.74) is 1.60. The second-order valence-electron chi connectivity index (χ2n) is 7.25. The number of halogens is 2. The lowest BCUT2D eigenvalue weighted by Gasteiger charge is -2.24. The summed E-state index contributed by atoms with van der Waals surface area (Å²) >= 11 is 0. The Morgan fingerprint density at radius 1 is 1.18 bits per heavy atom. The molecule has 1 atom stereocenters. The van der Waals surface area contributed by atoms with Gasteiger partial charge < -0.3 is 4.90 Å². The first-order valence-corrected chi connectivity index (χ1v) is 9.30. The van der Waals surface area contributed by atoms with Gasteiger partial charge in [-0.25, -0.2) is 13.8 Å². The number of carbonyl (C=O) groups is 1. The van der Waals surface area contributed by atoms with Crippen LogP contribution in [-0.4, -0.2) is 46.9 Å². The van der Waals surface area contributed by atoms with Crippen LogP contribution in [0.3, 0.4) is 0 Å². The van der Waals surface area contributed by atoms with E-state index in [4.69, 9.17) is 0 Å². The molecule has 0 radical (unpaired) electrons. The van der Waals surface area contributed by atoms with Gasteiger partial charge in [-0.2, -0.15) is 0 Å². The Bertz CT molecular complexity index is 1010. The van der Waals surface area contributed by atoms with E-state index in [1.807, 2.05) is 18.2 Å². The Kier molecular flexibility index (Phi) is 5.05. The molecular formula is C22H21F2N3O. The van der Waals surface area contributed by atoms with Gasteiger partial charge in [-0.05, 0) is 31.2 Å². The fourth-order valence-electron chi connectivity index (χ4n) is 3.73. The lowest BCUT2D eigenvalue weighted by molar-refractivity contribution is 0.0774. The number of likely N-dealkylation sites (N-methyl/N-ethyl adjacent to an activating group) is 1. The molecule has 1 unspecified atom stereocenters. The van der Waals surface area contributed by atoms with Gasteiger partial charge >= 0.3 is 0 Å². The van der Waals surface area contributed by atoms with Crippen molar-refractivity contribution in [2.45, 2.75) is 19.0 Å². The van der Waals surface area contributed by atoms with Crippen molar-refractivity contribution in [1.29, 1.82) is 0 Å². The van der Waals surface area contributed by atoms with Crippen LogP contribution in [0.15, 0.2) is 54.6 Å². The molecule has 4 rings (SSSR count). The predicted molar refractivity (Wildman–Crippen MR) is 104 cm³/mol. The van der Waals surface area contributed by atoms with Crippen molar-refractivity contribution in [1.82, 2.24) is 14.8 Å². The second kappa shape index (κ2) is 7.64. The average molecular weight is 381 g/mol. The number of hydrogen-bond donors (Lipinski definition) is 0. The molecule has 1 saturated heterocycles. The zero-order valence-electron chi connectivity index (χ0n) is 15.6. The van der Waals surface area contributed by atoms with Crippen LogP contribution in [0.4, 0.5) is 8.78 Å². The number of carbonyl (C=O) groups excluding carboxylic acids is 1. The predicted octanol–water partition coefficient (Wildman–Crippen LogP) is 3.86. The van der Waals surface area contributed by atoms with Crippen molar-refractivity contribution in [3.05, 3.63) is 77.5 Å². The molecule has 0 aliphatic carbocycles. The molecule has 28 heavy (non-hydrogen) atoms. The summed E-state index contributed by atoms with van der Waals surface area (Å²) in [6.07, 6.45) is 0.881. The molecule has 0 bridgehead atoms. The van der Waals surface area contributed by atoms with Crippen LogP contribution in [0.25, 0.3) is 10.9 Å². The maximum Gasteiger partial charge on any atom is 0.272 e. The number of likely N-dealkylation sites (tertiary alicyclic amines) is 1. The molecule has 2 aromatic carbocycles. The molecular weight excluding hydrogens is 360 g/mol. The van der Waals surface area contributed by atoms with Crippen molar-refractivity contribution in [3.8, 4) is 0 Å². The van der Waals surface area contributed by atoms with Crippen molar-refractivity contribution < 1.29 is 13.6 Å². The molecule has 144 valence electrons. The van der Waals surface area contributed by atoms with Gasteiger partial charge in [0.1, 0.15) is 17.3 Å². The van der Waals surface area contributed by atoms with Crippen LogP contribution in [-0.2, 0) is 6.54 Å². The van der Waals surface area contributed by atoms with E-state index in [0.29, 0.717) is 13.1 Å². The van der Waals surface area contributed by atoms with Crippen molar-refractivity contribution in [3.63, 3.8) is 0 Å². The van der Waals surface area contributed by atoms with E-state index in [9.17, 15) is 13.6 Å². The highest BCUT2D eigenvalue weighted by Gasteiger charge is 2.30. The Balaban J connectivity index is 1.46. The number of pyridine rings is 1. The van der Waals surface area contributed by atoms with Gasteiger partial charge in [0.15, 0.2) is 0 Å². The summed E-state index contributed by atoms with van der Waals surface area (Å²) in [5, 5.41) is 0.208. The number of amides is 1. The van der Waals surface area contributed by atoms with E-state index < -0.39 is 11.6 Å². The molecule has 0 N–H and O–H groups in total. The van der Waals surface area contributed by atoms with Crippen molar-refractivity contribution in [2.75, 3.05) is 20.1 Å². The lowest BCUT2D eigenvalue weighted by atomic mass is 10.1. The summed E-state index contributed by atoms with van der Waals surface area (Å²) < 4.78 is 27.3. The second-order valence-corrected chi connectivity index (χ2v) is 7.25. The van der Waals surface area contributed by atoms with Crippen LogP contribution < -0.4 is 0 Å². The van der Waals surface area contributed by atoms with E-state index >= 15 is 0 Å². The third kappa shape index (κ3) is 3.73. The first-order valence-electron chi connectivity index (χ1n) is 9.30. The summed E-state index contributed by atoms with van der Waals surface area (Å²) in [4.78, 5) is 21.0. The molecule has 1 aromatic heterocycles. The third-order valence-electron chi connectivity index (χ3n) is 5.29. The minimum atomic E-state index is -0.703. The largest absolute Gasteiger partial charge is 0.336 e. The van der Waals surface area contributed by atoms with E-state index in [1.54, 1.807) is 4.90 Å². The first kappa shape index (κ1) is 18.5. The van der Waals surface area contributed by atoms with Crippen molar-refractivity contribution in [2.24, 2.45) is 0 Å². The number of aromatic nitrogens is 1. The van der Waals surface area contributed by atoms with Crippen LogP contribution >= 0.6 is 0 Å². The lowest BCUT2D eigenvalue weighted by Crippen LogP contribution is -2.36. The van der Waals surface area contributed by atoms with Crippen LogP contribution in [0.5, 0.6) is 0 Å². The summed E-state index contributed by atoms with van der Waals surface area (Å²) in [6, 6.07) is 15.4. The molecule has 1 amide bonds. The number of benzene rings is 2. The van der Waals surface area contributed by atoms with Crippen molar-refractivity contribution >= 4 is 16.8 Å². The Labute approximate surface area is 162 Å². The van der Waals surface area contributed by atoms with Crippen LogP contribution in [0, 0.1) is 11.6 Å². The topological polar surface area (TPSA) is 36.4 Å². The molecule has 1 fully saturated rings.